The molecule has 0 aliphatic carbocycles. The average Bonchev–Trinajstić information content (AvgIpc) is 2.87. The number of hydrogen-bond donors (Lipinski definition) is 0. The zero-order chi connectivity index (χ0) is 17.0. The van der Waals surface area contributed by atoms with Crippen LogP contribution in [0.1, 0.15) is 19.4 Å². The molecule has 23 heavy (non-hydrogen) atoms. The minimum atomic E-state index is -0.645. The second kappa shape index (κ2) is 7.29. The van der Waals surface area contributed by atoms with E-state index in [2.05, 4.69) is 0 Å². The Kier molecular flexibility index (Phi) is 5.62. The van der Waals surface area contributed by atoms with Crippen LogP contribution in [0.4, 0.5) is 4.79 Å². The summed E-state index contributed by atoms with van der Waals surface area (Å²) in [5.41, 5.74) is 1.13. The summed E-state index contributed by atoms with van der Waals surface area (Å²) in [6.45, 7) is 4.20. The molecule has 6 heteroatoms. The molecule has 1 heterocycles. The van der Waals surface area contributed by atoms with Crippen molar-refractivity contribution < 1.29 is 19.0 Å². The monoisotopic (exact) mass is 322 g/mol. The number of rotatable bonds is 5. The van der Waals surface area contributed by atoms with E-state index >= 15 is 0 Å². The fraction of sp³-hybridized carbons (Fsp3) is 0.588. The van der Waals surface area contributed by atoms with Crippen molar-refractivity contribution in [2.45, 2.75) is 38.2 Å². The molecule has 1 amide bonds. The molecule has 0 unspecified atom stereocenters. The maximum absolute atomic E-state index is 12.3. The Hall–Kier alpha value is -1.63. The van der Waals surface area contributed by atoms with Crippen molar-refractivity contribution in [1.82, 2.24) is 10.0 Å². The second-order valence-electron chi connectivity index (χ2n) is 6.29. The lowest BCUT2D eigenvalue weighted by Gasteiger charge is -2.37. The van der Waals surface area contributed by atoms with Crippen LogP contribution >= 0.6 is 0 Å². The molecular weight excluding hydrogens is 296 g/mol. The minimum absolute atomic E-state index is 0.221. The number of benzene rings is 1. The number of ether oxygens (including phenoxy) is 3. The molecule has 2 atom stereocenters. The highest BCUT2D eigenvalue weighted by molar-refractivity contribution is 5.67. The SMILES string of the molecule is COC(=O)N([C@H](Cc1ccccc1)[C@H]1COC(C)(C)O1)N(C)C. The van der Waals surface area contributed by atoms with Crippen LogP contribution < -0.4 is 0 Å². The fourth-order valence-corrected chi connectivity index (χ4v) is 2.82. The predicted octanol–water partition coefficient (Wildman–Crippen LogP) is 2.29. The maximum Gasteiger partial charge on any atom is 0.424 e. The van der Waals surface area contributed by atoms with Crippen LogP contribution in [0.3, 0.4) is 0 Å². The number of hydrogen-bond acceptors (Lipinski definition) is 5. The number of nitrogens with zero attached hydrogens (tertiary/aromatic N) is 2. The lowest BCUT2D eigenvalue weighted by molar-refractivity contribution is -0.153. The molecule has 0 saturated carbocycles. The summed E-state index contributed by atoms with van der Waals surface area (Å²) in [6, 6.07) is 9.81. The van der Waals surface area contributed by atoms with Crippen molar-refractivity contribution in [3.8, 4) is 0 Å². The summed E-state index contributed by atoms with van der Waals surface area (Å²) in [6.07, 6.45) is 0.00837. The lowest BCUT2D eigenvalue weighted by Crippen LogP contribution is -2.55. The van der Waals surface area contributed by atoms with Crippen molar-refractivity contribution in [2.24, 2.45) is 0 Å². The summed E-state index contributed by atoms with van der Waals surface area (Å²) in [5.74, 6) is -0.645. The Morgan fingerprint density at radius 2 is 2.00 bits per heavy atom. The van der Waals surface area contributed by atoms with E-state index < -0.39 is 11.9 Å². The molecule has 128 valence electrons. The van der Waals surface area contributed by atoms with Gasteiger partial charge in [0.1, 0.15) is 6.10 Å². The first kappa shape index (κ1) is 17.7. The summed E-state index contributed by atoms with van der Waals surface area (Å²) >= 11 is 0. The van der Waals surface area contributed by atoms with Gasteiger partial charge in [-0.1, -0.05) is 30.3 Å². The standard InChI is InChI=1S/C17H26N2O4/c1-17(2)22-12-15(23-17)14(11-13-9-7-6-8-10-13)19(18(3)4)16(20)21-5/h6-10,14-15H,11-12H2,1-5H3/t14-,15-/m1/s1. The van der Waals surface area contributed by atoms with Crippen LogP contribution in [0, 0.1) is 0 Å². The number of carbonyl (C=O) groups is 1. The number of hydrazine groups is 1. The Balaban J connectivity index is 2.28. The van der Waals surface area contributed by atoms with Gasteiger partial charge in [-0.25, -0.2) is 14.8 Å². The van der Waals surface area contributed by atoms with Gasteiger partial charge in [0.25, 0.3) is 0 Å². The molecule has 0 aromatic heterocycles. The molecule has 1 fully saturated rings. The van der Waals surface area contributed by atoms with Crippen molar-refractivity contribution in [2.75, 3.05) is 27.8 Å². The molecule has 0 bridgehead atoms. The summed E-state index contributed by atoms with van der Waals surface area (Å²) in [7, 11) is 5.01. The van der Waals surface area contributed by atoms with Crippen LogP contribution in [0.15, 0.2) is 30.3 Å². The number of carbonyl (C=O) groups excluding carboxylic acids is 1. The van der Waals surface area contributed by atoms with E-state index in [1.165, 1.54) is 7.11 Å². The minimum Gasteiger partial charge on any atom is -0.452 e. The van der Waals surface area contributed by atoms with Gasteiger partial charge < -0.3 is 14.2 Å². The third-order valence-corrected chi connectivity index (χ3v) is 3.85. The molecule has 2 rings (SSSR count). The summed E-state index contributed by atoms with van der Waals surface area (Å²) < 4.78 is 16.7. The third kappa shape index (κ3) is 4.43. The van der Waals surface area contributed by atoms with Gasteiger partial charge >= 0.3 is 6.09 Å². The number of amides is 1. The Morgan fingerprint density at radius 3 is 2.48 bits per heavy atom. The van der Waals surface area contributed by atoms with E-state index in [4.69, 9.17) is 14.2 Å². The second-order valence-corrected chi connectivity index (χ2v) is 6.29. The topological polar surface area (TPSA) is 51.2 Å². The smallest absolute Gasteiger partial charge is 0.424 e. The summed E-state index contributed by atoms with van der Waals surface area (Å²) in [5, 5.41) is 3.32. The first-order valence-electron chi connectivity index (χ1n) is 7.74. The zero-order valence-corrected chi connectivity index (χ0v) is 14.5. The summed E-state index contributed by atoms with van der Waals surface area (Å²) in [4.78, 5) is 12.3. The van der Waals surface area contributed by atoms with Gasteiger partial charge in [0.2, 0.25) is 0 Å². The first-order valence-corrected chi connectivity index (χ1v) is 7.74. The van der Waals surface area contributed by atoms with Crippen molar-refractivity contribution >= 4 is 6.09 Å². The highest BCUT2D eigenvalue weighted by Gasteiger charge is 2.42. The zero-order valence-electron chi connectivity index (χ0n) is 14.5. The van der Waals surface area contributed by atoms with E-state index in [0.29, 0.717) is 13.0 Å². The van der Waals surface area contributed by atoms with Gasteiger partial charge in [-0.2, -0.15) is 0 Å². The van der Waals surface area contributed by atoms with Gasteiger partial charge in [0, 0.05) is 14.1 Å². The molecule has 0 radical (unpaired) electrons. The largest absolute Gasteiger partial charge is 0.452 e. The highest BCUT2D eigenvalue weighted by atomic mass is 16.7. The molecular formula is C17H26N2O4. The average molecular weight is 322 g/mol. The van der Waals surface area contributed by atoms with Crippen LogP contribution in [-0.4, -0.2) is 61.9 Å². The third-order valence-electron chi connectivity index (χ3n) is 3.85. The van der Waals surface area contributed by atoms with Crippen molar-refractivity contribution in [3.63, 3.8) is 0 Å². The Bertz CT molecular complexity index is 519. The van der Waals surface area contributed by atoms with Crippen LogP contribution in [0.25, 0.3) is 0 Å². The fourth-order valence-electron chi connectivity index (χ4n) is 2.82. The number of methoxy groups -OCH3 is 1. The van der Waals surface area contributed by atoms with E-state index in [1.807, 2.05) is 58.3 Å². The molecule has 6 nitrogen and oxygen atoms in total. The quantitative estimate of drug-likeness (QED) is 0.779. The molecule has 1 aliphatic heterocycles. The molecule has 1 aromatic carbocycles. The molecule has 1 aliphatic rings. The predicted molar refractivity (Wildman–Crippen MR) is 86.8 cm³/mol. The molecule has 1 aromatic rings. The van der Waals surface area contributed by atoms with Gasteiger partial charge in [0.05, 0.1) is 19.8 Å². The molecule has 0 N–H and O–H groups in total. The van der Waals surface area contributed by atoms with E-state index in [0.717, 1.165) is 5.56 Å². The van der Waals surface area contributed by atoms with Crippen molar-refractivity contribution in [3.05, 3.63) is 35.9 Å². The Morgan fingerprint density at radius 1 is 1.35 bits per heavy atom. The Labute approximate surface area is 137 Å². The van der Waals surface area contributed by atoms with Crippen LogP contribution in [0.2, 0.25) is 0 Å². The van der Waals surface area contributed by atoms with Crippen LogP contribution in [-0.2, 0) is 20.6 Å². The highest BCUT2D eigenvalue weighted by Crippen LogP contribution is 2.28. The van der Waals surface area contributed by atoms with E-state index in [9.17, 15) is 4.79 Å². The normalized spacial score (nSPS) is 21.2. The van der Waals surface area contributed by atoms with Crippen molar-refractivity contribution in [1.29, 1.82) is 0 Å². The molecule has 0 spiro atoms. The van der Waals surface area contributed by atoms with Crippen LogP contribution in [0.5, 0.6) is 0 Å². The van der Waals surface area contributed by atoms with E-state index in [1.54, 1.807) is 10.0 Å². The molecule has 1 saturated heterocycles. The van der Waals surface area contributed by atoms with Gasteiger partial charge in [-0.15, -0.1) is 0 Å². The lowest BCUT2D eigenvalue weighted by atomic mass is 10.0. The van der Waals surface area contributed by atoms with Gasteiger partial charge in [0.15, 0.2) is 5.79 Å². The first-order chi connectivity index (χ1) is 10.8. The van der Waals surface area contributed by atoms with E-state index in [-0.39, 0.29) is 12.1 Å². The maximum atomic E-state index is 12.3. The van der Waals surface area contributed by atoms with Gasteiger partial charge in [-0.3, -0.25) is 0 Å². The van der Waals surface area contributed by atoms with Gasteiger partial charge in [-0.05, 0) is 25.8 Å².